The lowest BCUT2D eigenvalue weighted by atomic mass is 10.3. The van der Waals surface area contributed by atoms with E-state index in [4.69, 9.17) is 17.3 Å². The van der Waals surface area contributed by atoms with E-state index in [1.807, 2.05) is 28.8 Å². The summed E-state index contributed by atoms with van der Waals surface area (Å²) in [5.74, 6) is 0. The van der Waals surface area contributed by atoms with Crippen LogP contribution in [0, 0.1) is 0 Å². The maximum atomic E-state index is 6.02. The summed E-state index contributed by atoms with van der Waals surface area (Å²) in [5, 5.41) is 0.679. The molecule has 0 aliphatic heterocycles. The molecule has 2 N–H and O–H groups in total. The van der Waals surface area contributed by atoms with Crippen molar-refractivity contribution in [2.75, 3.05) is 6.54 Å². The van der Waals surface area contributed by atoms with Gasteiger partial charge < -0.3 is 5.73 Å². The fourth-order valence-electron chi connectivity index (χ4n) is 1.38. The van der Waals surface area contributed by atoms with Gasteiger partial charge in [-0.2, -0.15) is 0 Å². The highest BCUT2D eigenvalue weighted by Gasteiger charge is 2.04. The maximum Gasteiger partial charge on any atom is 0.138 e. The Balaban J connectivity index is 2.64. The first-order valence-corrected chi connectivity index (χ1v) is 4.51. The molecule has 0 unspecified atom stereocenters. The number of halogens is 1. The van der Waals surface area contributed by atoms with Crippen molar-refractivity contribution in [2.45, 2.75) is 6.42 Å². The van der Waals surface area contributed by atoms with Gasteiger partial charge in [0.05, 0.1) is 0 Å². The van der Waals surface area contributed by atoms with Crippen LogP contribution in [0.3, 0.4) is 0 Å². The van der Waals surface area contributed by atoms with Gasteiger partial charge in [0.1, 0.15) is 10.8 Å². The molecule has 68 valence electrons. The predicted octanol–water partition coefficient (Wildman–Crippen LogP) is 1.49. The molecule has 0 aliphatic rings. The molecule has 0 fully saturated rings. The van der Waals surface area contributed by atoms with Gasteiger partial charge in [-0.25, -0.2) is 4.98 Å². The maximum absolute atomic E-state index is 6.02. The fraction of sp³-hybridized carbons (Fsp3) is 0.222. The van der Waals surface area contributed by atoms with Crippen LogP contribution in [0.4, 0.5) is 0 Å². The average molecular weight is 196 g/mol. The third kappa shape index (κ3) is 1.41. The van der Waals surface area contributed by atoms with E-state index in [-0.39, 0.29) is 0 Å². The molecule has 0 radical (unpaired) electrons. The minimum absolute atomic E-state index is 0.610. The van der Waals surface area contributed by atoms with Gasteiger partial charge in [-0.3, -0.25) is 4.40 Å². The first-order valence-electron chi connectivity index (χ1n) is 4.14. The quantitative estimate of drug-likeness (QED) is 0.738. The molecule has 2 rings (SSSR count). The Bertz CT molecular complexity index is 422. The number of hydrogen-bond donors (Lipinski definition) is 1. The summed E-state index contributed by atoms with van der Waals surface area (Å²) in [6.07, 6.45) is 2.61. The van der Waals surface area contributed by atoms with Crippen LogP contribution in [0.5, 0.6) is 0 Å². The summed E-state index contributed by atoms with van der Waals surface area (Å²) in [5.41, 5.74) is 7.41. The second kappa shape index (κ2) is 3.36. The van der Waals surface area contributed by atoms with Crippen molar-refractivity contribution in [1.29, 1.82) is 0 Å². The van der Waals surface area contributed by atoms with Crippen molar-refractivity contribution in [3.63, 3.8) is 0 Å². The van der Waals surface area contributed by atoms with E-state index in [1.54, 1.807) is 0 Å². The number of nitrogens with two attached hydrogens (primary N) is 1. The van der Waals surface area contributed by atoms with E-state index in [2.05, 4.69) is 4.98 Å². The summed E-state index contributed by atoms with van der Waals surface area (Å²) in [4.78, 5) is 4.22. The second-order valence-corrected chi connectivity index (χ2v) is 3.22. The third-order valence-electron chi connectivity index (χ3n) is 1.96. The molecule has 0 aliphatic carbocycles. The molecule has 4 heteroatoms. The minimum Gasteiger partial charge on any atom is -0.330 e. The van der Waals surface area contributed by atoms with Crippen LogP contribution in [-0.2, 0) is 6.42 Å². The zero-order valence-electron chi connectivity index (χ0n) is 7.07. The zero-order chi connectivity index (χ0) is 9.26. The van der Waals surface area contributed by atoms with E-state index < -0.39 is 0 Å². The highest BCUT2D eigenvalue weighted by molar-refractivity contribution is 6.29. The van der Waals surface area contributed by atoms with Gasteiger partial charge in [-0.1, -0.05) is 17.7 Å². The van der Waals surface area contributed by atoms with Crippen LogP contribution < -0.4 is 5.73 Å². The van der Waals surface area contributed by atoms with Gasteiger partial charge in [-0.15, -0.1) is 0 Å². The lowest BCUT2D eigenvalue weighted by Gasteiger charge is -2.01. The zero-order valence-corrected chi connectivity index (χ0v) is 7.83. The first kappa shape index (κ1) is 8.53. The van der Waals surface area contributed by atoms with Crippen molar-refractivity contribution in [2.24, 2.45) is 5.73 Å². The summed E-state index contributed by atoms with van der Waals surface area (Å²) in [6.45, 7) is 0.610. The van der Waals surface area contributed by atoms with Gasteiger partial charge in [0, 0.05) is 18.3 Å². The van der Waals surface area contributed by atoms with E-state index in [9.17, 15) is 0 Å². The Labute approximate surface area is 81.1 Å². The molecule has 0 saturated heterocycles. The SMILES string of the molecule is NCCc1cnc2cccc(Cl)n12. The van der Waals surface area contributed by atoms with Crippen LogP contribution in [0.2, 0.25) is 5.15 Å². The number of aromatic nitrogens is 2. The van der Waals surface area contributed by atoms with Crippen molar-refractivity contribution in [3.8, 4) is 0 Å². The third-order valence-corrected chi connectivity index (χ3v) is 2.25. The number of pyridine rings is 1. The molecule has 13 heavy (non-hydrogen) atoms. The van der Waals surface area contributed by atoms with E-state index >= 15 is 0 Å². The topological polar surface area (TPSA) is 43.3 Å². The van der Waals surface area contributed by atoms with Crippen molar-refractivity contribution in [1.82, 2.24) is 9.38 Å². The van der Waals surface area contributed by atoms with Crippen LogP contribution >= 0.6 is 11.6 Å². The number of imidazole rings is 1. The summed E-state index contributed by atoms with van der Waals surface area (Å²) in [6, 6.07) is 5.65. The lowest BCUT2D eigenvalue weighted by Crippen LogP contribution is -2.05. The van der Waals surface area contributed by atoms with E-state index in [0.717, 1.165) is 17.8 Å². The monoisotopic (exact) mass is 195 g/mol. The van der Waals surface area contributed by atoms with Crippen LogP contribution in [-0.4, -0.2) is 15.9 Å². The van der Waals surface area contributed by atoms with Crippen molar-refractivity contribution in [3.05, 3.63) is 35.2 Å². The number of rotatable bonds is 2. The Morgan fingerprint density at radius 3 is 3.08 bits per heavy atom. The molecule has 0 aromatic carbocycles. The van der Waals surface area contributed by atoms with Crippen molar-refractivity contribution < 1.29 is 0 Å². The van der Waals surface area contributed by atoms with Gasteiger partial charge in [0.25, 0.3) is 0 Å². The smallest absolute Gasteiger partial charge is 0.138 e. The molecular weight excluding hydrogens is 186 g/mol. The molecule has 3 nitrogen and oxygen atoms in total. The van der Waals surface area contributed by atoms with Gasteiger partial charge >= 0.3 is 0 Å². The average Bonchev–Trinajstić information content (AvgIpc) is 2.51. The molecule has 0 bridgehead atoms. The van der Waals surface area contributed by atoms with E-state index in [0.29, 0.717) is 11.7 Å². The highest BCUT2D eigenvalue weighted by Crippen LogP contribution is 2.14. The molecule has 2 aromatic heterocycles. The van der Waals surface area contributed by atoms with Gasteiger partial charge in [0.2, 0.25) is 0 Å². The summed E-state index contributed by atoms with van der Waals surface area (Å²) in [7, 11) is 0. The molecular formula is C9H10ClN3. The van der Waals surface area contributed by atoms with Crippen LogP contribution in [0.25, 0.3) is 5.65 Å². The number of fused-ring (bicyclic) bond motifs is 1. The van der Waals surface area contributed by atoms with Gasteiger partial charge in [-0.05, 0) is 18.7 Å². The summed E-state index contributed by atoms with van der Waals surface area (Å²) >= 11 is 6.02. The standard InChI is InChI=1S/C9H10ClN3/c10-8-2-1-3-9-12-6-7(4-5-11)13(8)9/h1-3,6H,4-5,11H2. The van der Waals surface area contributed by atoms with Crippen LogP contribution in [0.15, 0.2) is 24.4 Å². The summed E-state index contributed by atoms with van der Waals surface area (Å²) < 4.78 is 1.91. The van der Waals surface area contributed by atoms with E-state index in [1.165, 1.54) is 0 Å². The Kier molecular flexibility index (Phi) is 2.20. The molecule has 2 heterocycles. The Morgan fingerprint density at radius 1 is 1.46 bits per heavy atom. The molecule has 0 spiro atoms. The Hall–Kier alpha value is -1.06. The Morgan fingerprint density at radius 2 is 2.31 bits per heavy atom. The number of hydrogen-bond acceptors (Lipinski definition) is 2. The number of nitrogens with zero attached hydrogens (tertiary/aromatic N) is 2. The largest absolute Gasteiger partial charge is 0.330 e. The molecule has 2 aromatic rings. The lowest BCUT2D eigenvalue weighted by molar-refractivity contribution is 0.905. The molecule has 0 saturated carbocycles. The van der Waals surface area contributed by atoms with Gasteiger partial charge in [0.15, 0.2) is 0 Å². The second-order valence-electron chi connectivity index (χ2n) is 2.83. The molecule has 0 atom stereocenters. The first-order chi connectivity index (χ1) is 6.33. The van der Waals surface area contributed by atoms with Crippen LogP contribution in [0.1, 0.15) is 5.69 Å². The van der Waals surface area contributed by atoms with Crippen molar-refractivity contribution >= 4 is 17.2 Å². The predicted molar refractivity (Wildman–Crippen MR) is 53.0 cm³/mol. The minimum atomic E-state index is 0.610. The molecule has 0 amide bonds. The highest BCUT2D eigenvalue weighted by atomic mass is 35.5. The normalized spacial score (nSPS) is 10.9. The fourth-order valence-corrected chi connectivity index (χ4v) is 1.65.